The minimum absolute atomic E-state index is 0.144. The number of rotatable bonds is 5. The summed E-state index contributed by atoms with van der Waals surface area (Å²) in [6.45, 7) is 1.77. The molecule has 4 N–H and O–H groups in total. The molecule has 0 aliphatic carbocycles. The van der Waals surface area contributed by atoms with Crippen molar-refractivity contribution in [3.05, 3.63) is 46.2 Å². The predicted octanol–water partition coefficient (Wildman–Crippen LogP) is 0.361. The van der Waals surface area contributed by atoms with Gasteiger partial charge in [-0.05, 0) is 24.4 Å². The van der Waals surface area contributed by atoms with Crippen LogP contribution in [-0.4, -0.2) is 33.9 Å². The maximum Gasteiger partial charge on any atom is 0.252 e. The van der Waals surface area contributed by atoms with Crippen LogP contribution in [0.25, 0.3) is 10.9 Å². The van der Waals surface area contributed by atoms with E-state index < -0.39 is 5.60 Å². The van der Waals surface area contributed by atoms with Gasteiger partial charge < -0.3 is 20.5 Å². The predicted molar refractivity (Wildman–Crippen MR) is 74.0 cm³/mol. The van der Waals surface area contributed by atoms with Crippen molar-refractivity contribution in [2.24, 2.45) is 0 Å². The van der Waals surface area contributed by atoms with Crippen LogP contribution in [0.3, 0.4) is 0 Å². The summed E-state index contributed by atoms with van der Waals surface area (Å²) in [6, 6.07) is 9.39. The van der Waals surface area contributed by atoms with E-state index in [-0.39, 0.29) is 18.7 Å². The van der Waals surface area contributed by atoms with Gasteiger partial charge in [0.15, 0.2) is 0 Å². The third kappa shape index (κ3) is 3.41. The first-order valence-electron chi connectivity index (χ1n) is 6.17. The molecule has 0 fully saturated rings. The molecule has 0 saturated carbocycles. The highest BCUT2D eigenvalue weighted by Crippen LogP contribution is 2.10. The van der Waals surface area contributed by atoms with Crippen LogP contribution in [0.4, 0.5) is 0 Å². The number of hydrogen-bond donors (Lipinski definition) is 4. The molecule has 1 aromatic heterocycles. The Labute approximate surface area is 110 Å². The van der Waals surface area contributed by atoms with E-state index in [0.29, 0.717) is 12.1 Å². The van der Waals surface area contributed by atoms with Crippen LogP contribution in [0.5, 0.6) is 0 Å². The Morgan fingerprint density at radius 2 is 2.11 bits per heavy atom. The second-order valence-electron chi connectivity index (χ2n) is 4.97. The lowest BCUT2D eigenvalue weighted by Crippen LogP contribution is -2.41. The number of H-pyrrole nitrogens is 1. The molecule has 1 unspecified atom stereocenters. The number of aromatic amines is 1. The quantitative estimate of drug-likeness (QED) is 0.627. The maximum atomic E-state index is 11.9. The first-order chi connectivity index (χ1) is 9.02. The first-order valence-corrected chi connectivity index (χ1v) is 6.17. The molecule has 5 nitrogen and oxygen atoms in total. The number of pyridine rings is 1. The first kappa shape index (κ1) is 13.7. The van der Waals surface area contributed by atoms with Crippen molar-refractivity contribution in [2.45, 2.75) is 19.1 Å². The van der Waals surface area contributed by atoms with Gasteiger partial charge in [-0.15, -0.1) is 0 Å². The minimum atomic E-state index is -1.18. The number of aromatic nitrogens is 1. The van der Waals surface area contributed by atoms with E-state index >= 15 is 0 Å². The summed E-state index contributed by atoms with van der Waals surface area (Å²) in [5.41, 5.74) is 0.0877. The molecule has 0 radical (unpaired) electrons. The smallest absolute Gasteiger partial charge is 0.252 e. The molecule has 0 aliphatic heterocycles. The highest BCUT2D eigenvalue weighted by Gasteiger charge is 2.18. The van der Waals surface area contributed by atoms with Crippen LogP contribution in [0.2, 0.25) is 0 Å². The zero-order chi connectivity index (χ0) is 13.9. The van der Waals surface area contributed by atoms with Crippen LogP contribution in [0, 0.1) is 0 Å². The minimum Gasteiger partial charge on any atom is -0.393 e. The molecule has 1 aromatic carbocycles. The Morgan fingerprint density at radius 3 is 2.84 bits per heavy atom. The van der Waals surface area contributed by atoms with Gasteiger partial charge in [-0.25, -0.2) is 0 Å². The van der Waals surface area contributed by atoms with E-state index in [1.165, 1.54) is 6.92 Å². The average molecular weight is 262 g/mol. The van der Waals surface area contributed by atoms with Crippen molar-refractivity contribution in [3.63, 3.8) is 0 Å². The summed E-state index contributed by atoms with van der Waals surface area (Å²) in [5, 5.41) is 22.5. The summed E-state index contributed by atoms with van der Waals surface area (Å²) < 4.78 is 0. The monoisotopic (exact) mass is 262 g/mol. The van der Waals surface area contributed by atoms with Crippen LogP contribution < -0.4 is 10.9 Å². The molecule has 0 spiro atoms. The summed E-state index contributed by atoms with van der Waals surface area (Å²) in [5.74, 6) is 0. The van der Waals surface area contributed by atoms with Gasteiger partial charge in [0, 0.05) is 24.2 Å². The van der Waals surface area contributed by atoms with Crippen molar-refractivity contribution >= 4 is 10.9 Å². The van der Waals surface area contributed by atoms with Gasteiger partial charge in [0.2, 0.25) is 0 Å². The number of aliphatic hydroxyl groups excluding tert-OH is 1. The van der Waals surface area contributed by atoms with Gasteiger partial charge in [-0.3, -0.25) is 4.79 Å². The fourth-order valence-electron chi connectivity index (χ4n) is 1.85. The topological polar surface area (TPSA) is 85.3 Å². The van der Waals surface area contributed by atoms with Gasteiger partial charge in [0.1, 0.15) is 0 Å². The molecule has 0 aliphatic rings. The highest BCUT2D eigenvalue weighted by atomic mass is 16.3. The fraction of sp³-hybridized carbons (Fsp3) is 0.357. The van der Waals surface area contributed by atoms with Gasteiger partial charge >= 0.3 is 0 Å². The molecular formula is C14H18N2O3. The van der Waals surface area contributed by atoms with E-state index in [1.807, 2.05) is 30.3 Å². The zero-order valence-corrected chi connectivity index (χ0v) is 10.8. The Hall–Kier alpha value is -1.69. The third-order valence-electron chi connectivity index (χ3n) is 2.99. The Bertz CT molecular complexity index is 619. The van der Waals surface area contributed by atoms with E-state index in [4.69, 9.17) is 5.11 Å². The lowest BCUT2D eigenvalue weighted by molar-refractivity contribution is 0.00252. The Morgan fingerprint density at radius 1 is 1.37 bits per heavy atom. The van der Waals surface area contributed by atoms with Crippen molar-refractivity contribution < 1.29 is 10.2 Å². The summed E-state index contributed by atoms with van der Waals surface area (Å²) in [6.07, 6.45) is 0. The zero-order valence-electron chi connectivity index (χ0n) is 10.8. The normalized spacial score (nSPS) is 14.5. The number of benzene rings is 1. The third-order valence-corrected chi connectivity index (χ3v) is 2.99. The summed E-state index contributed by atoms with van der Waals surface area (Å²) in [7, 11) is 0. The number of fused-ring (bicyclic) bond motifs is 1. The fourth-order valence-corrected chi connectivity index (χ4v) is 1.85. The van der Waals surface area contributed by atoms with E-state index in [0.717, 1.165) is 10.9 Å². The molecule has 1 atom stereocenters. The van der Waals surface area contributed by atoms with Crippen LogP contribution in [0.1, 0.15) is 12.5 Å². The molecule has 2 aromatic rings. The van der Waals surface area contributed by atoms with Crippen LogP contribution in [0.15, 0.2) is 35.1 Å². The molecule has 0 amide bonds. The lowest BCUT2D eigenvalue weighted by Gasteiger charge is -2.20. The standard InChI is InChI=1S/C14H18N2O3/c1-14(19,9-17)8-15-7-11-6-10-4-2-3-5-12(10)16-13(11)18/h2-6,15,17,19H,7-9H2,1H3,(H,16,18). The largest absolute Gasteiger partial charge is 0.393 e. The van der Waals surface area contributed by atoms with E-state index in [2.05, 4.69) is 10.3 Å². The van der Waals surface area contributed by atoms with Crippen molar-refractivity contribution in [3.8, 4) is 0 Å². The summed E-state index contributed by atoms with van der Waals surface area (Å²) in [4.78, 5) is 14.7. The Balaban J connectivity index is 2.13. The SMILES string of the molecule is CC(O)(CO)CNCc1cc2ccccc2[nH]c1=O. The number of para-hydroxylation sites is 1. The van der Waals surface area contributed by atoms with E-state index in [1.54, 1.807) is 0 Å². The van der Waals surface area contributed by atoms with Gasteiger partial charge in [-0.1, -0.05) is 18.2 Å². The van der Waals surface area contributed by atoms with Gasteiger partial charge in [0.25, 0.3) is 5.56 Å². The molecular weight excluding hydrogens is 244 g/mol. The number of nitrogens with one attached hydrogen (secondary N) is 2. The van der Waals surface area contributed by atoms with Crippen molar-refractivity contribution in [1.29, 1.82) is 0 Å². The molecule has 2 rings (SSSR count). The van der Waals surface area contributed by atoms with E-state index in [9.17, 15) is 9.90 Å². The van der Waals surface area contributed by atoms with Crippen molar-refractivity contribution in [1.82, 2.24) is 10.3 Å². The lowest BCUT2D eigenvalue weighted by atomic mass is 10.1. The number of aliphatic hydroxyl groups is 2. The highest BCUT2D eigenvalue weighted by molar-refractivity contribution is 5.78. The van der Waals surface area contributed by atoms with Crippen molar-refractivity contribution in [2.75, 3.05) is 13.2 Å². The molecule has 19 heavy (non-hydrogen) atoms. The van der Waals surface area contributed by atoms with Gasteiger partial charge in [0.05, 0.1) is 12.2 Å². The molecule has 1 heterocycles. The number of hydrogen-bond acceptors (Lipinski definition) is 4. The Kier molecular flexibility index (Phi) is 3.99. The molecule has 102 valence electrons. The van der Waals surface area contributed by atoms with Crippen LogP contribution >= 0.6 is 0 Å². The average Bonchev–Trinajstić information content (AvgIpc) is 2.39. The van der Waals surface area contributed by atoms with Crippen LogP contribution in [-0.2, 0) is 6.54 Å². The molecule has 0 saturated heterocycles. The molecule has 0 bridgehead atoms. The molecule has 5 heteroatoms. The second-order valence-corrected chi connectivity index (χ2v) is 4.97. The maximum absolute atomic E-state index is 11.9. The summed E-state index contributed by atoms with van der Waals surface area (Å²) >= 11 is 0. The second kappa shape index (κ2) is 5.52. The van der Waals surface area contributed by atoms with Gasteiger partial charge in [-0.2, -0.15) is 0 Å².